The van der Waals surface area contributed by atoms with Gasteiger partial charge in [-0.25, -0.2) is 0 Å². The number of hydrogen-bond donors (Lipinski definition) is 1. The van der Waals surface area contributed by atoms with Gasteiger partial charge in [-0.05, 0) is 20.8 Å². The number of nitrogens with zero attached hydrogens (tertiary/aromatic N) is 1. The molecule has 0 spiro atoms. The minimum atomic E-state index is -0.234. The maximum absolute atomic E-state index is 9.19. The van der Waals surface area contributed by atoms with Crippen LogP contribution < -0.4 is 0 Å². The van der Waals surface area contributed by atoms with E-state index in [1.54, 1.807) is 0 Å². The van der Waals surface area contributed by atoms with Gasteiger partial charge in [0, 0.05) is 19.6 Å². The zero-order valence-electron chi connectivity index (χ0n) is 8.16. The normalized spacial score (nSPS) is 35.0. The van der Waals surface area contributed by atoms with Crippen LogP contribution in [0.2, 0.25) is 0 Å². The summed E-state index contributed by atoms with van der Waals surface area (Å²) in [4.78, 5) is 2.25. The molecule has 3 heteroatoms. The highest BCUT2D eigenvalue weighted by atomic mass is 16.5. The summed E-state index contributed by atoms with van der Waals surface area (Å²) < 4.78 is 5.57. The van der Waals surface area contributed by atoms with Gasteiger partial charge in [-0.3, -0.25) is 4.90 Å². The molecule has 0 aromatic rings. The zero-order valence-corrected chi connectivity index (χ0v) is 8.16. The smallest absolute Gasteiger partial charge is 0.0678 e. The van der Waals surface area contributed by atoms with Gasteiger partial charge < -0.3 is 9.84 Å². The lowest BCUT2D eigenvalue weighted by Gasteiger charge is -2.35. The molecule has 0 aliphatic carbocycles. The molecule has 0 amide bonds. The predicted molar refractivity (Wildman–Crippen MR) is 48.1 cm³/mol. The van der Waals surface area contributed by atoms with Crippen molar-refractivity contribution in [1.82, 2.24) is 4.90 Å². The molecule has 1 fully saturated rings. The van der Waals surface area contributed by atoms with Crippen molar-refractivity contribution in [2.24, 2.45) is 0 Å². The van der Waals surface area contributed by atoms with Crippen molar-refractivity contribution >= 4 is 0 Å². The maximum Gasteiger partial charge on any atom is 0.0678 e. The van der Waals surface area contributed by atoms with Crippen molar-refractivity contribution in [1.29, 1.82) is 0 Å². The molecule has 3 atom stereocenters. The molecule has 0 aromatic carbocycles. The van der Waals surface area contributed by atoms with Gasteiger partial charge in [-0.1, -0.05) is 0 Å². The number of β-amino-alcohol motifs (C(OH)–C–C–N with tert-alkyl or cyclic N) is 1. The summed E-state index contributed by atoms with van der Waals surface area (Å²) in [6, 6.07) is 0. The Morgan fingerprint density at radius 3 is 2.33 bits per heavy atom. The van der Waals surface area contributed by atoms with Gasteiger partial charge in [0.05, 0.1) is 18.3 Å². The topological polar surface area (TPSA) is 32.7 Å². The van der Waals surface area contributed by atoms with Crippen LogP contribution in [0.15, 0.2) is 0 Å². The Balaban J connectivity index is 2.34. The van der Waals surface area contributed by atoms with E-state index in [1.807, 2.05) is 6.92 Å². The van der Waals surface area contributed by atoms with Gasteiger partial charge in [0.25, 0.3) is 0 Å². The second kappa shape index (κ2) is 4.21. The first-order valence-corrected chi connectivity index (χ1v) is 4.64. The highest BCUT2D eigenvalue weighted by Gasteiger charge is 2.22. The van der Waals surface area contributed by atoms with Crippen molar-refractivity contribution in [3.63, 3.8) is 0 Å². The Hall–Kier alpha value is -0.120. The second-order valence-corrected chi connectivity index (χ2v) is 3.82. The fourth-order valence-corrected chi connectivity index (χ4v) is 1.81. The average molecular weight is 173 g/mol. The molecule has 0 aromatic heterocycles. The Bertz CT molecular complexity index is 126. The van der Waals surface area contributed by atoms with Gasteiger partial charge in [-0.15, -0.1) is 0 Å². The van der Waals surface area contributed by atoms with Crippen molar-refractivity contribution in [3.8, 4) is 0 Å². The third-order valence-electron chi connectivity index (χ3n) is 2.02. The minimum Gasteiger partial charge on any atom is -0.392 e. The van der Waals surface area contributed by atoms with E-state index in [2.05, 4.69) is 18.7 Å². The third-order valence-corrected chi connectivity index (χ3v) is 2.02. The van der Waals surface area contributed by atoms with E-state index in [9.17, 15) is 5.11 Å². The lowest BCUT2D eigenvalue weighted by Crippen LogP contribution is -2.47. The van der Waals surface area contributed by atoms with E-state index < -0.39 is 0 Å². The largest absolute Gasteiger partial charge is 0.392 e. The van der Waals surface area contributed by atoms with E-state index in [-0.39, 0.29) is 6.10 Å². The number of hydrogen-bond acceptors (Lipinski definition) is 3. The molecule has 0 radical (unpaired) electrons. The number of morpholine rings is 1. The van der Waals surface area contributed by atoms with Gasteiger partial charge in [0.2, 0.25) is 0 Å². The Kier molecular flexibility index (Phi) is 3.50. The highest BCUT2D eigenvalue weighted by Crippen LogP contribution is 2.10. The van der Waals surface area contributed by atoms with Crippen LogP contribution in [-0.4, -0.2) is 48.0 Å². The van der Waals surface area contributed by atoms with Crippen LogP contribution in [0.5, 0.6) is 0 Å². The first kappa shape index (κ1) is 9.96. The van der Waals surface area contributed by atoms with Crippen LogP contribution in [0.4, 0.5) is 0 Å². The van der Waals surface area contributed by atoms with Gasteiger partial charge in [0.1, 0.15) is 0 Å². The molecule has 0 saturated carbocycles. The maximum atomic E-state index is 9.19. The van der Waals surface area contributed by atoms with Crippen molar-refractivity contribution in [2.75, 3.05) is 19.6 Å². The quantitative estimate of drug-likeness (QED) is 0.659. The molecule has 1 aliphatic rings. The summed E-state index contributed by atoms with van der Waals surface area (Å²) in [5.74, 6) is 0. The summed E-state index contributed by atoms with van der Waals surface area (Å²) in [6.45, 7) is 8.61. The van der Waals surface area contributed by atoms with Crippen LogP contribution in [0.1, 0.15) is 20.8 Å². The molecule has 1 heterocycles. The van der Waals surface area contributed by atoms with Crippen molar-refractivity contribution < 1.29 is 9.84 Å². The van der Waals surface area contributed by atoms with Crippen LogP contribution in [0.25, 0.3) is 0 Å². The van der Waals surface area contributed by atoms with Crippen LogP contribution >= 0.6 is 0 Å². The van der Waals surface area contributed by atoms with E-state index in [0.717, 1.165) is 19.6 Å². The third kappa shape index (κ3) is 3.09. The first-order valence-electron chi connectivity index (χ1n) is 4.64. The first-order chi connectivity index (χ1) is 5.58. The van der Waals surface area contributed by atoms with Gasteiger partial charge in [-0.2, -0.15) is 0 Å². The van der Waals surface area contributed by atoms with E-state index in [0.29, 0.717) is 12.2 Å². The molecule has 1 N–H and O–H groups in total. The molecule has 0 bridgehead atoms. The average Bonchev–Trinajstić information content (AvgIpc) is 1.81. The molecule has 1 saturated heterocycles. The lowest BCUT2D eigenvalue weighted by molar-refractivity contribution is -0.0752. The number of rotatable bonds is 2. The molecular weight excluding hydrogens is 154 g/mol. The SMILES string of the molecule is CC(O)CN1C[C@H](C)O[C@@H](C)C1. The minimum absolute atomic E-state index is 0.234. The van der Waals surface area contributed by atoms with E-state index >= 15 is 0 Å². The molecule has 1 unspecified atom stereocenters. The molecule has 12 heavy (non-hydrogen) atoms. The summed E-state index contributed by atoms with van der Waals surface area (Å²) in [7, 11) is 0. The molecule has 1 rings (SSSR count). The summed E-state index contributed by atoms with van der Waals surface area (Å²) in [6.07, 6.45) is 0.363. The summed E-state index contributed by atoms with van der Waals surface area (Å²) in [5, 5.41) is 9.19. The Morgan fingerprint density at radius 1 is 1.42 bits per heavy atom. The number of aliphatic hydroxyl groups excluding tert-OH is 1. The van der Waals surface area contributed by atoms with E-state index in [1.165, 1.54) is 0 Å². The fourth-order valence-electron chi connectivity index (χ4n) is 1.81. The van der Waals surface area contributed by atoms with Gasteiger partial charge >= 0.3 is 0 Å². The van der Waals surface area contributed by atoms with Crippen molar-refractivity contribution in [3.05, 3.63) is 0 Å². The molecule has 1 aliphatic heterocycles. The Morgan fingerprint density at radius 2 is 1.92 bits per heavy atom. The number of ether oxygens (including phenoxy) is 1. The standard InChI is InChI=1S/C9H19NO2/c1-7(11)4-10-5-8(2)12-9(3)6-10/h7-9,11H,4-6H2,1-3H3/t7?,8-,9-/m0/s1. The summed E-state index contributed by atoms with van der Waals surface area (Å²) in [5.41, 5.74) is 0. The van der Waals surface area contributed by atoms with Crippen LogP contribution in [-0.2, 0) is 4.74 Å². The van der Waals surface area contributed by atoms with Crippen LogP contribution in [0.3, 0.4) is 0 Å². The summed E-state index contributed by atoms with van der Waals surface area (Å²) >= 11 is 0. The molecular formula is C9H19NO2. The van der Waals surface area contributed by atoms with Gasteiger partial charge in [0.15, 0.2) is 0 Å². The monoisotopic (exact) mass is 173 g/mol. The number of aliphatic hydroxyl groups is 1. The van der Waals surface area contributed by atoms with Crippen molar-refractivity contribution in [2.45, 2.75) is 39.1 Å². The molecule has 3 nitrogen and oxygen atoms in total. The second-order valence-electron chi connectivity index (χ2n) is 3.82. The fraction of sp³-hybridized carbons (Fsp3) is 1.00. The Labute approximate surface area is 74.3 Å². The van der Waals surface area contributed by atoms with E-state index in [4.69, 9.17) is 4.74 Å². The predicted octanol–water partition coefficient (Wildman–Crippen LogP) is 0.476. The lowest BCUT2D eigenvalue weighted by atomic mass is 10.2. The zero-order chi connectivity index (χ0) is 9.14. The molecule has 72 valence electrons. The van der Waals surface area contributed by atoms with Crippen LogP contribution in [0, 0.1) is 0 Å². The highest BCUT2D eigenvalue weighted by molar-refractivity contribution is 4.73.